The van der Waals surface area contributed by atoms with Gasteiger partial charge in [0.1, 0.15) is 5.82 Å². The molecule has 0 spiro atoms. The number of anilines is 1. The quantitative estimate of drug-likeness (QED) is 0.809. The van der Waals surface area contributed by atoms with Crippen LogP contribution >= 0.6 is 0 Å². The van der Waals surface area contributed by atoms with Gasteiger partial charge in [-0.25, -0.2) is 4.39 Å². The molecule has 148 valence electrons. The number of hydrogen-bond donors (Lipinski definition) is 0. The van der Waals surface area contributed by atoms with Gasteiger partial charge in [-0.2, -0.15) is 0 Å². The molecule has 27 heavy (non-hydrogen) atoms. The molecule has 4 rings (SSSR count). The lowest BCUT2D eigenvalue weighted by Crippen LogP contribution is -2.52. The van der Waals surface area contributed by atoms with Crippen LogP contribution in [0.25, 0.3) is 0 Å². The number of halogens is 1. The van der Waals surface area contributed by atoms with Crippen molar-refractivity contribution in [3.8, 4) is 0 Å². The Labute approximate surface area is 161 Å². The summed E-state index contributed by atoms with van der Waals surface area (Å²) in [5.74, 6) is 1.36. The number of rotatable bonds is 4. The molecule has 3 fully saturated rings. The third-order valence-electron chi connectivity index (χ3n) is 6.38. The minimum absolute atomic E-state index is 0.191. The Morgan fingerprint density at radius 1 is 1.07 bits per heavy atom. The zero-order valence-electron chi connectivity index (χ0n) is 16.0. The van der Waals surface area contributed by atoms with Crippen molar-refractivity contribution >= 4 is 11.6 Å². The van der Waals surface area contributed by atoms with Gasteiger partial charge in [0.05, 0.1) is 25.4 Å². The molecule has 0 bridgehead atoms. The molecule has 1 unspecified atom stereocenters. The molecular weight excluding hydrogens is 345 g/mol. The normalized spacial score (nSPS) is 25.1. The summed E-state index contributed by atoms with van der Waals surface area (Å²) in [5, 5.41) is 0. The van der Waals surface area contributed by atoms with E-state index in [1.165, 1.54) is 25.3 Å². The molecule has 0 N–H and O–H groups in total. The molecule has 1 atom stereocenters. The van der Waals surface area contributed by atoms with Crippen LogP contribution in [0.5, 0.6) is 0 Å². The molecule has 1 aliphatic carbocycles. The van der Waals surface area contributed by atoms with E-state index in [9.17, 15) is 9.18 Å². The Hall–Kier alpha value is -1.66. The van der Waals surface area contributed by atoms with E-state index in [0.717, 1.165) is 32.2 Å². The number of benzene rings is 1. The molecule has 0 radical (unpaired) electrons. The maximum atomic E-state index is 14.0. The second-order valence-electron chi connectivity index (χ2n) is 8.08. The van der Waals surface area contributed by atoms with Crippen LogP contribution in [0.15, 0.2) is 24.3 Å². The van der Waals surface area contributed by atoms with Crippen LogP contribution in [0.3, 0.4) is 0 Å². The van der Waals surface area contributed by atoms with Gasteiger partial charge < -0.3 is 14.5 Å². The summed E-state index contributed by atoms with van der Waals surface area (Å²) in [6, 6.07) is 6.87. The topological polar surface area (TPSA) is 36.0 Å². The lowest BCUT2D eigenvalue weighted by molar-refractivity contribution is -0.132. The molecule has 1 aromatic rings. The highest BCUT2D eigenvalue weighted by atomic mass is 19.1. The van der Waals surface area contributed by atoms with Crippen molar-refractivity contribution in [2.24, 2.45) is 11.8 Å². The molecule has 0 aromatic heterocycles. The number of carbonyl (C=O) groups excluding carboxylic acids is 1. The Balaban J connectivity index is 1.28. The number of nitrogens with zero attached hydrogens (tertiary/aromatic N) is 3. The zero-order valence-corrected chi connectivity index (χ0v) is 16.0. The van der Waals surface area contributed by atoms with Crippen LogP contribution < -0.4 is 4.90 Å². The fourth-order valence-corrected chi connectivity index (χ4v) is 4.44. The van der Waals surface area contributed by atoms with E-state index in [1.807, 2.05) is 21.9 Å². The number of para-hydroxylation sites is 1. The molecule has 2 aliphatic heterocycles. The second-order valence-corrected chi connectivity index (χ2v) is 8.08. The van der Waals surface area contributed by atoms with E-state index >= 15 is 0 Å². The monoisotopic (exact) mass is 375 g/mol. The Bertz CT molecular complexity index is 644. The van der Waals surface area contributed by atoms with Crippen LogP contribution in [0, 0.1) is 17.7 Å². The van der Waals surface area contributed by atoms with Gasteiger partial charge in [0.25, 0.3) is 0 Å². The molecule has 1 aromatic carbocycles. The van der Waals surface area contributed by atoms with E-state index < -0.39 is 0 Å². The van der Waals surface area contributed by atoms with Gasteiger partial charge in [-0.05, 0) is 24.0 Å². The summed E-state index contributed by atoms with van der Waals surface area (Å²) < 4.78 is 19.8. The zero-order chi connectivity index (χ0) is 18.6. The van der Waals surface area contributed by atoms with Gasteiger partial charge in [-0.15, -0.1) is 0 Å². The van der Waals surface area contributed by atoms with Gasteiger partial charge in [-0.3, -0.25) is 9.69 Å². The van der Waals surface area contributed by atoms with Crippen molar-refractivity contribution in [3.63, 3.8) is 0 Å². The van der Waals surface area contributed by atoms with Crippen LogP contribution in [-0.2, 0) is 9.53 Å². The fourth-order valence-electron chi connectivity index (χ4n) is 4.44. The maximum absolute atomic E-state index is 14.0. The van der Waals surface area contributed by atoms with E-state index in [1.54, 1.807) is 6.07 Å². The first kappa shape index (κ1) is 18.7. The number of ether oxygens (including phenoxy) is 1. The van der Waals surface area contributed by atoms with Gasteiger partial charge in [0.2, 0.25) is 5.91 Å². The van der Waals surface area contributed by atoms with E-state index in [0.29, 0.717) is 44.3 Å². The van der Waals surface area contributed by atoms with Crippen LogP contribution in [0.4, 0.5) is 10.1 Å². The summed E-state index contributed by atoms with van der Waals surface area (Å²) >= 11 is 0. The fraction of sp³-hybridized carbons (Fsp3) is 0.667. The number of hydrogen-bond acceptors (Lipinski definition) is 4. The first-order valence-corrected chi connectivity index (χ1v) is 10.3. The summed E-state index contributed by atoms with van der Waals surface area (Å²) in [5.41, 5.74) is 0.637. The summed E-state index contributed by atoms with van der Waals surface area (Å²) in [7, 11) is 0. The SMILES string of the molecule is O=C(CN1CCOCC(C2CCC2)C1)N1CCN(c2ccccc2F)CC1. The lowest BCUT2D eigenvalue weighted by atomic mass is 9.76. The first-order chi connectivity index (χ1) is 13.2. The highest BCUT2D eigenvalue weighted by molar-refractivity contribution is 5.78. The Morgan fingerprint density at radius 3 is 2.56 bits per heavy atom. The van der Waals surface area contributed by atoms with Crippen LogP contribution in [-0.4, -0.2) is 74.7 Å². The number of piperazine rings is 1. The van der Waals surface area contributed by atoms with E-state index in [-0.39, 0.29) is 11.7 Å². The van der Waals surface area contributed by atoms with Gasteiger partial charge in [-0.1, -0.05) is 31.4 Å². The molecule has 2 heterocycles. The molecule has 2 saturated heterocycles. The van der Waals surface area contributed by atoms with E-state index in [2.05, 4.69) is 4.90 Å². The van der Waals surface area contributed by atoms with Crippen molar-refractivity contribution in [1.82, 2.24) is 9.80 Å². The predicted molar refractivity (Wildman–Crippen MR) is 103 cm³/mol. The summed E-state index contributed by atoms with van der Waals surface area (Å²) in [4.78, 5) is 19.0. The van der Waals surface area contributed by atoms with Crippen LogP contribution in [0.1, 0.15) is 19.3 Å². The van der Waals surface area contributed by atoms with Gasteiger partial charge in [0, 0.05) is 39.3 Å². The van der Waals surface area contributed by atoms with E-state index in [4.69, 9.17) is 4.74 Å². The minimum atomic E-state index is -0.191. The highest BCUT2D eigenvalue weighted by Crippen LogP contribution is 2.34. The average Bonchev–Trinajstić information content (AvgIpc) is 2.86. The standard InChI is InChI=1S/C21H30FN3O2/c22-19-6-1-2-7-20(19)24-8-10-25(11-9-24)21(26)15-23-12-13-27-16-18(14-23)17-4-3-5-17/h1-2,6-7,17-18H,3-5,8-16H2. The predicted octanol–water partition coefficient (Wildman–Crippen LogP) is 2.22. The lowest BCUT2D eigenvalue weighted by Gasteiger charge is -2.38. The van der Waals surface area contributed by atoms with Crippen molar-refractivity contribution in [3.05, 3.63) is 30.1 Å². The molecular formula is C21H30FN3O2. The smallest absolute Gasteiger partial charge is 0.236 e. The van der Waals surface area contributed by atoms with Gasteiger partial charge in [0.15, 0.2) is 0 Å². The molecule has 3 aliphatic rings. The molecule has 1 amide bonds. The first-order valence-electron chi connectivity index (χ1n) is 10.3. The number of carbonyl (C=O) groups is 1. The maximum Gasteiger partial charge on any atom is 0.236 e. The Kier molecular flexibility index (Phi) is 5.93. The van der Waals surface area contributed by atoms with Crippen molar-refractivity contribution in [2.45, 2.75) is 19.3 Å². The van der Waals surface area contributed by atoms with Crippen molar-refractivity contribution in [1.29, 1.82) is 0 Å². The van der Waals surface area contributed by atoms with Gasteiger partial charge >= 0.3 is 0 Å². The number of amides is 1. The average molecular weight is 375 g/mol. The Morgan fingerprint density at radius 2 is 1.85 bits per heavy atom. The summed E-state index contributed by atoms with van der Waals surface area (Å²) in [6.45, 7) is 6.53. The largest absolute Gasteiger partial charge is 0.380 e. The molecule has 1 saturated carbocycles. The van der Waals surface area contributed by atoms with Crippen molar-refractivity contribution in [2.75, 3.05) is 63.9 Å². The molecule has 5 nitrogen and oxygen atoms in total. The summed E-state index contributed by atoms with van der Waals surface area (Å²) in [6.07, 6.45) is 3.97. The molecule has 6 heteroatoms. The minimum Gasteiger partial charge on any atom is -0.380 e. The third-order valence-corrected chi connectivity index (χ3v) is 6.38. The van der Waals surface area contributed by atoms with Crippen LogP contribution in [0.2, 0.25) is 0 Å². The third kappa shape index (κ3) is 4.43. The highest BCUT2D eigenvalue weighted by Gasteiger charge is 2.32. The van der Waals surface area contributed by atoms with Crippen molar-refractivity contribution < 1.29 is 13.9 Å². The second kappa shape index (κ2) is 8.57.